The van der Waals surface area contributed by atoms with E-state index in [0.717, 1.165) is 23.1 Å². The average Bonchev–Trinajstić information content (AvgIpc) is 2.82. The van der Waals surface area contributed by atoms with Gasteiger partial charge in [-0.15, -0.1) is 0 Å². The summed E-state index contributed by atoms with van der Waals surface area (Å²) >= 11 is 6.02. The lowest BCUT2D eigenvalue weighted by molar-refractivity contribution is -0.141. The lowest BCUT2D eigenvalue weighted by Crippen LogP contribution is -2.49. The average molecular weight is 536 g/mol. The molecule has 2 rings (SSSR count). The van der Waals surface area contributed by atoms with Crippen molar-refractivity contribution in [2.75, 3.05) is 23.7 Å². The van der Waals surface area contributed by atoms with Gasteiger partial charge >= 0.3 is 0 Å². The molecule has 0 radical (unpaired) electrons. The summed E-state index contributed by atoms with van der Waals surface area (Å²) in [5, 5.41) is 3.49. The first-order valence-electron chi connectivity index (χ1n) is 12.3. The number of hydrogen-bond donors (Lipinski definition) is 1. The van der Waals surface area contributed by atoms with Crippen LogP contribution in [0.1, 0.15) is 56.2 Å². The van der Waals surface area contributed by atoms with Gasteiger partial charge in [-0.25, -0.2) is 8.42 Å². The molecule has 36 heavy (non-hydrogen) atoms. The van der Waals surface area contributed by atoms with Gasteiger partial charge in [0.15, 0.2) is 0 Å². The zero-order valence-electron chi connectivity index (χ0n) is 21.9. The Bertz CT molecular complexity index is 1140. The molecule has 198 valence electrons. The minimum atomic E-state index is -3.54. The number of aryl methyl sites for hydroxylation is 1. The highest BCUT2D eigenvalue weighted by Gasteiger charge is 2.29. The van der Waals surface area contributed by atoms with E-state index in [2.05, 4.69) is 5.32 Å². The zero-order valence-corrected chi connectivity index (χ0v) is 23.5. The SMILES string of the molecule is CCCNC(=O)[C@@H](CC)N(Cc1ccc(Cl)cc1)C(=O)CCCN(c1cccc(C)c1C)S(C)(=O)=O. The lowest BCUT2D eigenvalue weighted by atomic mass is 10.1. The molecule has 0 saturated heterocycles. The number of halogens is 1. The fourth-order valence-corrected chi connectivity index (χ4v) is 5.20. The third kappa shape index (κ3) is 8.23. The van der Waals surface area contributed by atoms with Crippen molar-refractivity contribution in [1.29, 1.82) is 0 Å². The summed E-state index contributed by atoms with van der Waals surface area (Å²) in [6.45, 7) is 8.65. The van der Waals surface area contributed by atoms with Gasteiger partial charge in [-0.05, 0) is 68.0 Å². The van der Waals surface area contributed by atoms with Crippen LogP contribution < -0.4 is 9.62 Å². The predicted molar refractivity (Wildman–Crippen MR) is 147 cm³/mol. The van der Waals surface area contributed by atoms with E-state index in [1.165, 1.54) is 10.6 Å². The Morgan fingerprint density at radius 3 is 2.31 bits per heavy atom. The molecule has 0 saturated carbocycles. The van der Waals surface area contributed by atoms with Gasteiger partial charge < -0.3 is 10.2 Å². The number of nitrogens with zero attached hydrogens (tertiary/aromatic N) is 2. The third-order valence-electron chi connectivity index (χ3n) is 6.20. The van der Waals surface area contributed by atoms with Gasteiger partial charge in [0.2, 0.25) is 21.8 Å². The molecular weight excluding hydrogens is 498 g/mol. The minimum absolute atomic E-state index is 0.113. The second-order valence-corrected chi connectivity index (χ2v) is 11.4. The topological polar surface area (TPSA) is 86.8 Å². The third-order valence-corrected chi connectivity index (χ3v) is 7.63. The van der Waals surface area contributed by atoms with Gasteiger partial charge in [0.1, 0.15) is 6.04 Å². The number of amides is 2. The highest BCUT2D eigenvalue weighted by molar-refractivity contribution is 7.92. The van der Waals surface area contributed by atoms with Gasteiger partial charge in [0, 0.05) is 31.1 Å². The molecule has 2 amide bonds. The summed E-state index contributed by atoms with van der Waals surface area (Å²) in [7, 11) is -3.54. The largest absolute Gasteiger partial charge is 0.354 e. The summed E-state index contributed by atoms with van der Waals surface area (Å²) in [4.78, 5) is 27.9. The fourth-order valence-electron chi connectivity index (χ4n) is 4.06. The molecule has 0 aromatic heterocycles. The van der Waals surface area contributed by atoms with Crippen molar-refractivity contribution in [3.8, 4) is 0 Å². The number of carbonyl (C=O) groups excluding carboxylic acids is 2. The van der Waals surface area contributed by atoms with Crippen LogP contribution in [0.2, 0.25) is 5.02 Å². The number of benzene rings is 2. The number of nitrogens with one attached hydrogen (secondary N) is 1. The van der Waals surface area contributed by atoms with E-state index in [-0.39, 0.29) is 31.3 Å². The number of sulfonamides is 1. The molecule has 1 atom stereocenters. The van der Waals surface area contributed by atoms with Crippen LogP contribution in [0, 0.1) is 13.8 Å². The molecule has 1 N–H and O–H groups in total. The normalized spacial score (nSPS) is 12.2. The zero-order chi connectivity index (χ0) is 26.9. The van der Waals surface area contributed by atoms with E-state index in [1.807, 2.05) is 52.0 Å². The molecule has 0 bridgehead atoms. The molecule has 2 aromatic carbocycles. The standard InChI is InChI=1S/C27H38ClN3O4S/c1-6-17-29-27(33)24(7-2)30(19-22-13-15-23(28)16-14-22)26(32)12-9-18-31(36(5,34)35)25-11-8-10-20(3)21(25)4/h8,10-11,13-16,24H,6-7,9,12,17-19H2,1-5H3,(H,29,33)/t24-/m1/s1. The van der Waals surface area contributed by atoms with Crippen molar-refractivity contribution in [3.63, 3.8) is 0 Å². The van der Waals surface area contributed by atoms with Crippen molar-refractivity contribution >= 4 is 39.1 Å². The second kappa shape index (κ2) is 13.7. The molecule has 7 nitrogen and oxygen atoms in total. The van der Waals surface area contributed by atoms with E-state index in [9.17, 15) is 18.0 Å². The number of carbonyl (C=O) groups is 2. The number of anilines is 1. The van der Waals surface area contributed by atoms with Crippen molar-refractivity contribution in [3.05, 3.63) is 64.2 Å². The van der Waals surface area contributed by atoms with Crippen molar-refractivity contribution in [1.82, 2.24) is 10.2 Å². The Balaban J connectivity index is 2.23. The van der Waals surface area contributed by atoms with Crippen LogP contribution >= 0.6 is 11.6 Å². The van der Waals surface area contributed by atoms with E-state index in [4.69, 9.17) is 11.6 Å². The highest BCUT2D eigenvalue weighted by Crippen LogP contribution is 2.25. The molecule has 0 fully saturated rings. The van der Waals surface area contributed by atoms with Gasteiger partial charge in [0.25, 0.3) is 0 Å². The molecule has 0 spiro atoms. The van der Waals surface area contributed by atoms with E-state index in [1.54, 1.807) is 23.1 Å². The minimum Gasteiger partial charge on any atom is -0.354 e. The Morgan fingerprint density at radius 2 is 1.72 bits per heavy atom. The van der Waals surface area contributed by atoms with E-state index in [0.29, 0.717) is 30.1 Å². The molecule has 0 aliphatic heterocycles. The maximum absolute atomic E-state index is 13.4. The summed E-state index contributed by atoms with van der Waals surface area (Å²) < 4.78 is 26.5. The Morgan fingerprint density at radius 1 is 1.06 bits per heavy atom. The summed E-state index contributed by atoms with van der Waals surface area (Å²) in [6, 6.07) is 12.1. The molecular formula is C27H38ClN3O4S. The van der Waals surface area contributed by atoms with E-state index >= 15 is 0 Å². The lowest BCUT2D eigenvalue weighted by Gasteiger charge is -2.31. The van der Waals surface area contributed by atoms with Crippen LogP contribution in [-0.4, -0.2) is 50.5 Å². The van der Waals surface area contributed by atoms with Gasteiger partial charge in [-0.2, -0.15) is 0 Å². The first-order chi connectivity index (χ1) is 17.0. The van der Waals surface area contributed by atoms with Crippen LogP contribution in [0.5, 0.6) is 0 Å². The van der Waals surface area contributed by atoms with Crippen LogP contribution in [0.3, 0.4) is 0 Å². The predicted octanol–water partition coefficient (Wildman–Crippen LogP) is 4.84. The first kappa shape index (κ1) is 29.6. The molecule has 0 unspecified atom stereocenters. The smallest absolute Gasteiger partial charge is 0.242 e. The summed E-state index contributed by atoms with van der Waals surface area (Å²) in [5.41, 5.74) is 3.36. The Labute approximate surface area is 220 Å². The van der Waals surface area contributed by atoms with Crippen molar-refractivity contribution < 1.29 is 18.0 Å². The van der Waals surface area contributed by atoms with Crippen molar-refractivity contribution in [2.24, 2.45) is 0 Å². The first-order valence-corrected chi connectivity index (χ1v) is 14.6. The fraction of sp³-hybridized carbons (Fsp3) is 0.481. The molecule has 9 heteroatoms. The van der Waals surface area contributed by atoms with Gasteiger partial charge in [-0.3, -0.25) is 13.9 Å². The van der Waals surface area contributed by atoms with Crippen LogP contribution in [0.15, 0.2) is 42.5 Å². The monoisotopic (exact) mass is 535 g/mol. The summed E-state index contributed by atoms with van der Waals surface area (Å²) in [5.74, 6) is -0.382. The number of hydrogen-bond acceptors (Lipinski definition) is 4. The van der Waals surface area contributed by atoms with Crippen LogP contribution in [-0.2, 0) is 26.2 Å². The van der Waals surface area contributed by atoms with Gasteiger partial charge in [0.05, 0.1) is 11.9 Å². The second-order valence-electron chi connectivity index (χ2n) is 9.02. The van der Waals surface area contributed by atoms with Gasteiger partial charge in [-0.1, -0.05) is 49.7 Å². The quantitative estimate of drug-likeness (QED) is 0.398. The maximum atomic E-state index is 13.4. The molecule has 0 heterocycles. The number of rotatable bonds is 13. The van der Waals surface area contributed by atoms with Crippen LogP contribution in [0.25, 0.3) is 0 Å². The molecule has 0 aliphatic carbocycles. The molecule has 2 aromatic rings. The Hall–Kier alpha value is -2.58. The van der Waals surface area contributed by atoms with Crippen molar-refractivity contribution in [2.45, 2.75) is 66.0 Å². The Kier molecular flexibility index (Phi) is 11.2. The van der Waals surface area contributed by atoms with Crippen LogP contribution in [0.4, 0.5) is 5.69 Å². The maximum Gasteiger partial charge on any atom is 0.242 e. The summed E-state index contributed by atoms with van der Waals surface area (Å²) in [6.07, 6.45) is 2.87. The van der Waals surface area contributed by atoms with E-state index < -0.39 is 16.1 Å². The highest BCUT2D eigenvalue weighted by atomic mass is 35.5. The molecule has 0 aliphatic rings.